The van der Waals surface area contributed by atoms with Crippen molar-refractivity contribution in [3.8, 4) is 0 Å². The third-order valence-corrected chi connectivity index (χ3v) is 5.29. The fourth-order valence-electron chi connectivity index (χ4n) is 2.49. The largest absolute Gasteiger partial charge is 0.345 e. The van der Waals surface area contributed by atoms with Crippen LogP contribution in [0.3, 0.4) is 0 Å². The molecule has 2 amide bonds. The minimum atomic E-state index is -0.684. The van der Waals surface area contributed by atoms with Gasteiger partial charge in [0, 0.05) is 23.8 Å². The number of benzene rings is 1. The number of carbonyl (C=O) groups is 2. The van der Waals surface area contributed by atoms with Crippen molar-refractivity contribution in [1.82, 2.24) is 15.1 Å². The number of thioether (sulfide) groups is 1. The number of hydrogen-bond acceptors (Lipinski definition) is 5. The lowest BCUT2D eigenvalue weighted by molar-refractivity contribution is -0.136. The number of amides is 2. The van der Waals surface area contributed by atoms with Crippen LogP contribution in [0.25, 0.3) is 0 Å². The highest BCUT2D eigenvalue weighted by Crippen LogP contribution is 2.24. The minimum Gasteiger partial charge on any atom is -0.345 e. The van der Waals surface area contributed by atoms with Crippen LogP contribution in [0.2, 0.25) is 0 Å². The van der Waals surface area contributed by atoms with Gasteiger partial charge in [-0.05, 0) is 46.8 Å². The number of anilines is 1. The Morgan fingerprint density at radius 1 is 1.23 bits per heavy atom. The summed E-state index contributed by atoms with van der Waals surface area (Å²) < 4.78 is 1.77. The molecule has 2 N–H and O–H groups in total. The lowest BCUT2D eigenvalue weighted by atomic mass is 10.1. The van der Waals surface area contributed by atoms with Crippen LogP contribution >= 0.6 is 23.1 Å². The van der Waals surface area contributed by atoms with Crippen LogP contribution in [0, 0.1) is 0 Å². The first kappa shape index (κ1) is 18.2. The normalized spacial score (nSPS) is 11.7. The molecule has 0 fully saturated rings. The Labute approximate surface area is 159 Å². The molecule has 1 atom stereocenters. The standard InChI is InChI=1S/C18H18N4O2S2/c1-25-16-6-3-2-5-14(16)21-18(24)17(23)19-11-15(13-7-10-26-12-13)22-9-4-8-20-22/h2-10,12,15H,11H2,1H3,(H,19,23)(H,21,24)/t15-/m0/s1. The maximum absolute atomic E-state index is 12.2. The Bertz CT molecular complexity index is 829. The minimum absolute atomic E-state index is 0.161. The van der Waals surface area contributed by atoms with Crippen molar-refractivity contribution in [2.45, 2.75) is 10.9 Å². The average Bonchev–Trinajstić information content (AvgIpc) is 3.36. The maximum Gasteiger partial charge on any atom is 0.313 e. The third-order valence-electron chi connectivity index (χ3n) is 3.79. The Hall–Kier alpha value is -2.58. The molecular formula is C18H18N4O2S2. The fourth-order valence-corrected chi connectivity index (χ4v) is 3.75. The van der Waals surface area contributed by atoms with Gasteiger partial charge in [-0.1, -0.05) is 12.1 Å². The van der Waals surface area contributed by atoms with Gasteiger partial charge in [-0.15, -0.1) is 11.8 Å². The second kappa shape index (κ2) is 8.68. The van der Waals surface area contributed by atoms with E-state index >= 15 is 0 Å². The number of aromatic nitrogens is 2. The first-order valence-electron chi connectivity index (χ1n) is 7.92. The number of hydrogen-bond donors (Lipinski definition) is 2. The Kier molecular flexibility index (Phi) is 6.08. The highest BCUT2D eigenvalue weighted by molar-refractivity contribution is 7.98. The fraction of sp³-hybridized carbons (Fsp3) is 0.167. The topological polar surface area (TPSA) is 76.0 Å². The SMILES string of the molecule is CSc1ccccc1NC(=O)C(=O)NC[C@@H](c1ccsc1)n1cccn1. The number of carbonyl (C=O) groups excluding carboxylic acids is 2. The van der Waals surface area contributed by atoms with E-state index in [0.29, 0.717) is 5.69 Å². The van der Waals surface area contributed by atoms with Crippen LogP contribution in [0.15, 0.2) is 64.4 Å². The average molecular weight is 387 g/mol. The van der Waals surface area contributed by atoms with Crippen molar-refractivity contribution in [1.29, 1.82) is 0 Å². The molecule has 1 aromatic carbocycles. The smallest absolute Gasteiger partial charge is 0.313 e. The number of nitrogens with zero attached hydrogens (tertiary/aromatic N) is 2. The summed E-state index contributed by atoms with van der Waals surface area (Å²) in [5.41, 5.74) is 1.66. The molecule has 0 saturated heterocycles. The van der Waals surface area contributed by atoms with E-state index in [1.807, 2.05) is 53.5 Å². The second-order valence-electron chi connectivity index (χ2n) is 5.42. The van der Waals surface area contributed by atoms with Crippen LogP contribution < -0.4 is 10.6 Å². The molecule has 0 spiro atoms. The van der Waals surface area contributed by atoms with Gasteiger partial charge in [-0.25, -0.2) is 0 Å². The van der Waals surface area contributed by atoms with E-state index in [1.165, 1.54) is 11.8 Å². The van der Waals surface area contributed by atoms with Crippen molar-refractivity contribution >= 4 is 40.6 Å². The highest BCUT2D eigenvalue weighted by atomic mass is 32.2. The van der Waals surface area contributed by atoms with Gasteiger partial charge in [-0.3, -0.25) is 14.3 Å². The van der Waals surface area contributed by atoms with Gasteiger partial charge in [0.2, 0.25) is 0 Å². The van der Waals surface area contributed by atoms with Gasteiger partial charge < -0.3 is 10.6 Å². The molecule has 26 heavy (non-hydrogen) atoms. The summed E-state index contributed by atoms with van der Waals surface area (Å²) in [5.74, 6) is -1.36. The maximum atomic E-state index is 12.2. The molecule has 0 aliphatic heterocycles. The van der Waals surface area contributed by atoms with E-state index < -0.39 is 11.8 Å². The molecule has 0 aliphatic carbocycles. The highest BCUT2D eigenvalue weighted by Gasteiger charge is 2.19. The van der Waals surface area contributed by atoms with E-state index in [4.69, 9.17) is 0 Å². The molecule has 3 aromatic rings. The number of para-hydroxylation sites is 1. The predicted molar refractivity (Wildman–Crippen MR) is 105 cm³/mol. The molecule has 0 unspecified atom stereocenters. The first-order valence-corrected chi connectivity index (χ1v) is 10.1. The summed E-state index contributed by atoms with van der Waals surface area (Å²) in [6.45, 7) is 0.273. The summed E-state index contributed by atoms with van der Waals surface area (Å²) in [6, 6.07) is 11.0. The molecule has 0 saturated carbocycles. The van der Waals surface area contributed by atoms with Crippen LogP contribution in [0.4, 0.5) is 5.69 Å². The summed E-state index contributed by atoms with van der Waals surface area (Å²) in [6.07, 6.45) is 5.44. The molecule has 0 radical (unpaired) electrons. The van der Waals surface area contributed by atoms with Crippen LogP contribution in [-0.2, 0) is 9.59 Å². The van der Waals surface area contributed by atoms with Crippen molar-refractivity contribution in [2.75, 3.05) is 18.1 Å². The quantitative estimate of drug-likeness (QED) is 0.504. The summed E-state index contributed by atoms with van der Waals surface area (Å²) in [4.78, 5) is 25.4. The van der Waals surface area contributed by atoms with Gasteiger partial charge in [0.1, 0.15) is 0 Å². The molecule has 3 rings (SSSR count). The lowest BCUT2D eigenvalue weighted by Crippen LogP contribution is -2.39. The summed E-state index contributed by atoms with van der Waals surface area (Å²) in [5, 5.41) is 13.6. The molecule has 0 bridgehead atoms. The lowest BCUT2D eigenvalue weighted by Gasteiger charge is -2.17. The zero-order chi connectivity index (χ0) is 18.4. The second-order valence-corrected chi connectivity index (χ2v) is 7.05. The van der Waals surface area contributed by atoms with E-state index in [-0.39, 0.29) is 12.6 Å². The number of thiophene rings is 1. The molecule has 2 aromatic heterocycles. The van der Waals surface area contributed by atoms with Gasteiger partial charge in [0.25, 0.3) is 0 Å². The Morgan fingerprint density at radius 2 is 2.08 bits per heavy atom. The third kappa shape index (κ3) is 4.33. The Balaban J connectivity index is 1.64. The van der Waals surface area contributed by atoms with Gasteiger partial charge >= 0.3 is 11.8 Å². The van der Waals surface area contributed by atoms with Gasteiger partial charge in [0.15, 0.2) is 0 Å². The monoisotopic (exact) mass is 386 g/mol. The van der Waals surface area contributed by atoms with Crippen LogP contribution in [-0.4, -0.2) is 34.4 Å². The van der Waals surface area contributed by atoms with E-state index in [9.17, 15) is 9.59 Å². The molecular weight excluding hydrogens is 368 g/mol. The number of nitrogens with one attached hydrogen (secondary N) is 2. The van der Waals surface area contributed by atoms with E-state index in [0.717, 1.165) is 10.5 Å². The van der Waals surface area contributed by atoms with E-state index in [2.05, 4.69) is 15.7 Å². The number of rotatable bonds is 6. The van der Waals surface area contributed by atoms with Crippen molar-refractivity contribution < 1.29 is 9.59 Å². The van der Waals surface area contributed by atoms with Crippen LogP contribution in [0.1, 0.15) is 11.6 Å². The Morgan fingerprint density at radius 3 is 2.77 bits per heavy atom. The van der Waals surface area contributed by atoms with Crippen molar-refractivity contribution in [2.24, 2.45) is 0 Å². The van der Waals surface area contributed by atoms with Gasteiger partial charge in [-0.2, -0.15) is 16.4 Å². The van der Waals surface area contributed by atoms with Crippen molar-refractivity contribution in [3.05, 3.63) is 65.1 Å². The predicted octanol–water partition coefficient (Wildman–Crippen LogP) is 3.01. The zero-order valence-electron chi connectivity index (χ0n) is 14.1. The van der Waals surface area contributed by atoms with Gasteiger partial charge in [0.05, 0.1) is 11.7 Å². The van der Waals surface area contributed by atoms with Crippen LogP contribution in [0.5, 0.6) is 0 Å². The first-order chi connectivity index (χ1) is 12.7. The van der Waals surface area contributed by atoms with E-state index in [1.54, 1.807) is 28.3 Å². The van der Waals surface area contributed by atoms with Crippen molar-refractivity contribution in [3.63, 3.8) is 0 Å². The molecule has 8 heteroatoms. The zero-order valence-corrected chi connectivity index (χ0v) is 15.7. The molecule has 134 valence electrons. The molecule has 0 aliphatic rings. The summed E-state index contributed by atoms with van der Waals surface area (Å²) >= 11 is 3.08. The summed E-state index contributed by atoms with van der Waals surface area (Å²) in [7, 11) is 0. The molecule has 2 heterocycles. The molecule has 6 nitrogen and oxygen atoms in total.